The molecule has 0 saturated heterocycles. The van der Waals surface area contributed by atoms with Gasteiger partial charge in [0.25, 0.3) is 5.91 Å². The number of halogens is 2. The van der Waals surface area contributed by atoms with Gasteiger partial charge in [0, 0.05) is 21.7 Å². The summed E-state index contributed by atoms with van der Waals surface area (Å²) < 4.78 is 11.4. The molecule has 0 unspecified atom stereocenters. The second-order valence-corrected chi connectivity index (χ2v) is 5.76. The van der Waals surface area contributed by atoms with Crippen LogP contribution in [0.1, 0.15) is 15.9 Å². The highest BCUT2D eigenvalue weighted by Crippen LogP contribution is 2.36. The number of nitrogens with one attached hydrogen (secondary N) is 1. The molecule has 2 aromatic rings. The molecule has 0 saturated carbocycles. The van der Waals surface area contributed by atoms with E-state index in [1.807, 2.05) is 0 Å². The third-order valence-electron chi connectivity index (χ3n) is 2.97. The third-order valence-corrected chi connectivity index (χ3v) is 3.82. The van der Waals surface area contributed by atoms with Crippen molar-refractivity contribution in [1.82, 2.24) is 5.43 Å². The summed E-state index contributed by atoms with van der Waals surface area (Å²) in [5.74, 6) is 0.895. The monoisotopic (exact) mass is 380 g/mol. The number of nitrogens with zero attached hydrogens (tertiary/aromatic N) is 1. The normalized spacial score (nSPS) is 12.6. The Morgan fingerprint density at radius 1 is 1.23 bits per heavy atom. The van der Waals surface area contributed by atoms with E-state index in [1.165, 1.54) is 6.21 Å². The minimum absolute atomic E-state index is 0.173. The van der Waals surface area contributed by atoms with Gasteiger partial charge in [0.15, 0.2) is 11.5 Å². The molecule has 112 valence electrons. The van der Waals surface area contributed by atoms with Gasteiger partial charge in [0.1, 0.15) is 0 Å². The van der Waals surface area contributed by atoms with Crippen LogP contribution in [-0.4, -0.2) is 18.9 Å². The zero-order valence-corrected chi connectivity index (χ0v) is 13.5. The number of rotatable bonds is 3. The molecule has 0 aliphatic carbocycles. The molecule has 1 N–H and O–H groups in total. The number of carbonyl (C=O) groups is 1. The molecule has 5 nitrogen and oxygen atoms in total. The predicted molar refractivity (Wildman–Crippen MR) is 86.8 cm³/mol. The van der Waals surface area contributed by atoms with Crippen LogP contribution in [0.2, 0.25) is 5.02 Å². The number of carbonyl (C=O) groups excluding carboxylic acids is 1. The number of hydrogen-bond donors (Lipinski definition) is 1. The summed E-state index contributed by atoms with van der Waals surface area (Å²) >= 11 is 9.43. The molecule has 22 heavy (non-hydrogen) atoms. The van der Waals surface area contributed by atoms with Gasteiger partial charge in [-0.05, 0) is 30.3 Å². The van der Waals surface area contributed by atoms with Crippen LogP contribution in [0.5, 0.6) is 11.5 Å². The first-order valence-corrected chi connectivity index (χ1v) is 7.49. The lowest BCUT2D eigenvalue weighted by molar-refractivity contribution is 0.0955. The van der Waals surface area contributed by atoms with Crippen molar-refractivity contribution in [2.24, 2.45) is 5.10 Å². The SMILES string of the molecule is O=C(N/N=C/c1cc2c(cc1Cl)OCO2)c1ccc(Br)cc1. The third kappa shape index (κ3) is 3.23. The number of hydrazone groups is 1. The first-order chi connectivity index (χ1) is 10.6. The van der Waals surface area contributed by atoms with Crippen molar-refractivity contribution in [3.05, 3.63) is 57.0 Å². The van der Waals surface area contributed by atoms with Gasteiger partial charge < -0.3 is 9.47 Å². The molecular weight excluding hydrogens is 372 g/mol. The molecule has 0 radical (unpaired) electrons. The topological polar surface area (TPSA) is 59.9 Å². The average molecular weight is 382 g/mol. The lowest BCUT2D eigenvalue weighted by Gasteiger charge is -2.02. The van der Waals surface area contributed by atoms with Gasteiger partial charge in [-0.2, -0.15) is 5.10 Å². The number of ether oxygens (including phenoxy) is 2. The molecule has 0 aromatic heterocycles. The smallest absolute Gasteiger partial charge is 0.271 e. The summed E-state index contributed by atoms with van der Waals surface area (Å²) in [7, 11) is 0. The Balaban J connectivity index is 1.70. The fourth-order valence-electron chi connectivity index (χ4n) is 1.86. The van der Waals surface area contributed by atoms with Crippen LogP contribution < -0.4 is 14.9 Å². The molecular formula is C15H10BrClN2O3. The summed E-state index contributed by atoms with van der Waals surface area (Å²) in [4.78, 5) is 11.9. The highest BCUT2D eigenvalue weighted by atomic mass is 79.9. The fourth-order valence-corrected chi connectivity index (χ4v) is 2.32. The maximum atomic E-state index is 11.9. The van der Waals surface area contributed by atoms with Crippen LogP contribution in [0, 0.1) is 0 Å². The molecule has 2 aromatic carbocycles. The van der Waals surface area contributed by atoms with Crippen molar-refractivity contribution < 1.29 is 14.3 Å². The molecule has 0 bridgehead atoms. The zero-order valence-electron chi connectivity index (χ0n) is 11.2. The molecule has 1 heterocycles. The van der Waals surface area contributed by atoms with Crippen molar-refractivity contribution >= 4 is 39.7 Å². The standard InChI is InChI=1S/C15H10BrClN2O3/c16-11-3-1-9(2-4-11)15(20)19-18-7-10-5-13-14(6-12(10)17)22-8-21-13/h1-7H,8H2,(H,19,20)/b18-7+. The Kier molecular flexibility index (Phi) is 4.31. The lowest BCUT2D eigenvalue weighted by atomic mass is 10.2. The van der Waals surface area contributed by atoms with Gasteiger partial charge in [-0.25, -0.2) is 5.43 Å². The predicted octanol–water partition coefficient (Wildman–Crippen LogP) is 3.60. The van der Waals surface area contributed by atoms with Gasteiger partial charge in [0.2, 0.25) is 6.79 Å². The van der Waals surface area contributed by atoms with Crippen LogP contribution in [-0.2, 0) is 0 Å². The minimum atomic E-state index is -0.305. The van der Waals surface area contributed by atoms with E-state index in [4.69, 9.17) is 21.1 Å². The summed E-state index contributed by atoms with van der Waals surface area (Å²) in [5, 5.41) is 4.37. The minimum Gasteiger partial charge on any atom is -0.454 e. The van der Waals surface area contributed by atoms with E-state index in [-0.39, 0.29) is 12.7 Å². The Bertz CT molecular complexity index is 747. The van der Waals surface area contributed by atoms with E-state index in [9.17, 15) is 4.79 Å². The second-order valence-electron chi connectivity index (χ2n) is 4.43. The van der Waals surface area contributed by atoms with Crippen LogP contribution >= 0.6 is 27.5 Å². The molecule has 1 aliphatic rings. The van der Waals surface area contributed by atoms with Gasteiger partial charge >= 0.3 is 0 Å². The largest absolute Gasteiger partial charge is 0.454 e. The van der Waals surface area contributed by atoms with Gasteiger partial charge in [0.05, 0.1) is 11.2 Å². The van der Waals surface area contributed by atoms with Crippen molar-refractivity contribution in [2.45, 2.75) is 0 Å². The number of hydrogen-bond acceptors (Lipinski definition) is 4. The summed E-state index contributed by atoms with van der Waals surface area (Å²) in [6.45, 7) is 0.173. The first-order valence-electron chi connectivity index (χ1n) is 6.31. The Hall–Kier alpha value is -2.05. The molecule has 3 rings (SSSR count). The fraction of sp³-hybridized carbons (Fsp3) is 0.0667. The van der Waals surface area contributed by atoms with Crippen molar-refractivity contribution in [3.63, 3.8) is 0 Å². The van der Waals surface area contributed by atoms with Gasteiger partial charge in [-0.3, -0.25) is 4.79 Å². The molecule has 1 amide bonds. The summed E-state index contributed by atoms with van der Waals surface area (Å²) in [6.07, 6.45) is 1.46. The van der Waals surface area contributed by atoms with Crippen molar-refractivity contribution in [3.8, 4) is 11.5 Å². The Morgan fingerprint density at radius 2 is 1.91 bits per heavy atom. The number of benzene rings is 2. The molecule has 1 aliphatic heterocycles. The maximum absolute atomic E-state index is 11.9. The Morgan fingerprint density at radius 3 is 2.64 bits per heavy atom. The zero-order chi connectivity index (χ0) is 15.5. The molecule has 0 atom stereocenters. The van der Waals surface area contributed by atoms with Crippen LogP contribution in [0.25, 0.3) is 0 Å². The van der Waals surface area contributed by atoms with Crippen molar-refractivity contribution in [2.75, 3.05) is 6.79 Å². The first kappa shape index (κ1) is 14.9. The summed E-state index contributed by atoms with van der Waals surface area (Å²) in [5.41, 5.74) is 3.58. The second kappa shape index (κ2) is 6.37. The summed E-state index contributed by atoms with van der Waals surface area (Å²) in [6, 6.07) is 10.3. The number of amides is 1. The van der Waals surface area contributed by atoms with Crippen LogP contribution in [0.4, 0.5) is 0 Å². The highest BCUT2D eigenvalue weighted by Gasteiger charge is 2.15. The lowest BCUT2D eigenvalue weighted by Crippen LogP contribution is -2.17. The van der Waals surface area contributed by atoms with Crippen LogP contribution in [0.3, 0.4) is 0 Å². The van der Waals surface area contributed by atoms with E-state index in [2.05, 4.69) is 26.5 Å². The molecule has 0 fully saturated rings. The van der Waals surface area contributed by atoms with Crippen LogP contribution in [0.15, 0.2) is 46.0 Å². The van der Waals surface area contributed by atoms with E-state index in [0.29, 0.717) is 27.6 Å². The van der Waals surface area contributed by atoms with Crippen molar-refractivity contribution in [1.29, 1.82) is 0 Å². The van der Waals surface area contributed by atoms with E-state index in [0.717, 1.165) is 4.47 Å². The number of fused-ring (bicyclic) bond motifs is 1. The maximum Gasteiger partial charge on any atom is 0.271 e. The average Bonchev–Trinajstić information content (AvgIpc) is 2.95. The van der Waals surface area contributed by atoms with E-state index >= 15 is 0 Å². The van der Waals surface area contributed by atoms with Gasteiger partial charge in [-0.15, -0.1) is 0 Å². The van der Waals surface area contributed by atoms with E-state index < -0.39 is 0 Å². The Labute approximate surface area is 140 Å². The van der Waals surface area contributed by atoms with Gasteiger partial charge in [-0.1, -0.05) is 27.5 Å². The highest BCUT2D eigenvalue weighted by molar-refractivity contribution is 9.10. The van der Waals surface area contributed by atoms with E-state index in [1.54, 1.807) is 36.4 Å². The molecule has 7 heteroatoms. The quantitative estimate of drug-likeness (QED) is 0.653. The molecule has 0 spiro atoms.